The van der Waals surface area contributed by atoms with E-state index in [1.54, 1.807) is 0 Å². The van der Waals surface area contributed by atoms with Crippen molar-refractivity contribution in [2.75, 3.05) is 19.8 Å². The highest BCUT2D eigenvalue weighted by Gasteiger charge is 2.00. The van der Waals surface area contributed by atoms with Gasteiger partial charge in [-0.25, -0.2) is 0 Å². The fraction of sp³-hybridized carbons (Fsp3) is 0.625. The highest BCUT2D eigenvalue weighted by atomic mass is 16.5. The molecule has 2 nitrogen and oxygen atoms in total. The Hall–Kier alpha value is -0.860. The van der Waals surface area contributed by atoms with E-state index in [9.17, 15) is 0 Å². The molecule has 1 N–H and O–H groups in total. The molecular formula is C16H27NO. The molecule has 0 atom stereocenters. The van der Waals surface area contributed by atoms with Crippen LogP contribution in [0.5, 0.6) is 0 Å². The maximum absolute atomic E-state index is 5.63. The van der Waals surface area contributed by atoms with E-state index in [4.69, 9.17) is 4.74 Å². The fourth-order valence-electron chi connectivity index (χ4n) is 2.04. The minimum Gasteiger partial charge on any atom is -0.380 e. The molecule has 1 rings (SSSR count). The molecule has 0 radical (unpaired) electrons. The molecule has 1 aromatic carbocycles. The average Bonchev–Trinajstić information content (AvgIpc) is 2.43. The van der Waals surface area contributed by atoms with Crippen LogP contribution in [0.25, 0.3) is 0 Å². The van der Waals surface area contributed by atoms with Crippen molar-refractivity contribution in [2.45, 2.75) is 45.6 Å². The summed E-state index contributed by atoms with van der Waals surface area (Å²) in [6.07, 6.45) is 4.62. The van der Waals surface area contributed by atoms with Gasteiger partial charge in [0.1, 0.15) is 0 Å². The molecule has 0 saturated carbocycles. The second-order valence-corrected chi connectivity index (χ2v) is 4.67. The minimum atomic E-state index is 0.651. The predicted octanol–water partition coefficient (Wildman–Crippen LogP) is 3.41. The third-order valence-electron chi connectivity index (χ3n) is 3.26. The van der Waals surface area contributed by atoms with E-state index >= 15 is 0 Å². The molecule has 0 aromatic heterocycles. The van der Waals surface area contributed by atoms with Crippen molar-refractivity contribution in [3.63, 3.8) is 0 Å². The van der Waals surface area contributed by atoms with Crippen molar-refractivity contribution in [2.24, 2.45) is 0 Å². The van der Waals surface area contributed by atoms with E-state index in [1.165, 1.54) is 18.4 Å². The lowest BCUT2D eigenvalue weighted by Gasteiger charge is -2.14. The maximum Gasteiger partial charge on any atom is 0.0591 e. The van der Waals surface area contributed by atoms with E-state index in [0.29, 0.717) is 6.04 Å². The summed E-state index contributed by atoms with van der Waals surface area (Å²) < 4.78 is 5.63. The molecule has 1 aromatic rings. The van der Waals surface area contributed by atoms with Crippen molar-refractivity contribution in [3.8, 4) is 0 Å². The van der Waals surface area contributed by atoms with Gasteiger partial charge in [-0.1, -0.05) is 44.2 Å². The standard InChI is InChI=1S/C16H27NO/c1-3-16(4-2)17-12-14-18-13-8-11-15-9-6-5-7-10-15/h5-7,9-10,16-17H,3-4,8,11-14H2,1-2H3. The summed E-state index contributed by atoms with van der Waals surface area (Å²) in [5.74, 6) is 0. The van der Waals surface area contributed by atoms with Crippen LogP contribution in [0, 0.1) is 0 Å². The Morgan fingerprint density at radius 1 is 1.06 bits per heavy atom. The van der Waals surface area contributed by atoms with Gasteiger partial charge >= 0.3 is 0 Å². The number of rotatable bonds is 10. The molecule has 18 heavy (non-hydrogen) atoms. The van der Waals surface area contributed by atoms with Gasteiger partial charge in [0.2, 0.25) is 0 Å². The predicted molar refractivity (Wildman–Crippen MR) is 78.0 cm³/mol. The van der Waals surface area contributed by atoms with Gasteiger partial charge in [0.25, 0.3) is 0 Å². The zero-order chi connectivity index (χ0) is 13.1. The fourth-order valence-corrected chi connectivity index (χ4v) is 2.04. The molecule has 0 aliphatic rings. The van der Waals surface area contributed by atoms with Crippen LogP contribution >= 0.6 is 0 Å². The Morgan fingerprint density at radius 3 is 2.44 bits per heavy atom. The second-order valence-electron chi connectivity index (χ2n) is 4.67. The van der Waals surface area contributed by atoms with Gasteiger partial charge < -0.3 is 10.1 Å². The highest BCUT2D eigenvalue weighted by molar-refractivity contribution is 5.14. The van der Waals surface area contributed by atoms with Gasteiger partial charge in [-0.2, -0.15) is 0 Å². The molecule has 0 saturated heterocycles. The first-order chi connectivity index (χ1) is 8.86. The summed E-state index contributed by atoms with van der Waals surface area (Å²) in [5.41, 5.74) is 1.40. The van der Waals surface area contributed by atoms with Crippen LogP contribution in [0.1, 0.15) is 38.7 Å². The molecule has 0 spiro atoms. The zero-order valence-electron chi connectivity index (χ0n) is 11.8. The summed E-state index contributed by atoms with van der Waals surface area (Å²) in [6.45, 7) is 7.10. The number of hydrogen-bond acceptors (Lipinski definition) is 2. The topological polar surface area (TPSA) is 21.3 Å². The molecule has 0 bridgehead atoms. The molecule has 0 aliphatic carbocycles. The molecule has 0 unspecified atom stereocenters. The van der Waals surface area contributed by atoms with Gasteiger partial charge in [0, 0.05) is 19.2 Å². The number of benzene rings is 1. The summed E-state index contributed by atoms with van der Waals surface area (Å²) in [5, 5.41) is 3.50. The Kier molecular flexibility index (Phi) is 8.53. The molecule has 102 valence electrons. The summed E-state index contributed by atoms with van der Waals surface area (Å²) in [7, 11) is 0. The van der Waals surface area contributed by atoms with Crippen LogP contribution in [0.4, 0.5) is 0 Å². The van der Waals surface area contributed by atoms with Gasteiger partial charge in [-0.05, 0) is 31.2 Å². The summed E-state index contributed by atoms with van der Waals surface area (Å²) in [4.78, 5) is 0. The highest BCUT2D eigenvalue weighted by Crippen LogP contribution is 2.02. The van der Waals surface area contributed by atoms with Crippen LogP contribution in [-0.4, -0.2) is 25.8 Å². The van der Waals surface area contributed by atoms with Crippen LogP contribution < -0.4 is 5.32 Å². The van der Waals surface area contributed by atoms with Crippen LogP contribution in [0.2, 0.25) is 0 Å². The Morgan fingerprint density at radius 2 is 1.78 bits per heavy atom. The number of ether oxygens (including phenoxy) is 1. The van der Waals surface area contributed by atoms with Crippen molar-refractivity contribution in [3.05, 3.63) is 35.9 Å². The van der Waals surface area contributed by atoms with Crippen LogP contribution in [0.3, 0.4) is 0 Å². The normalized spacial score (nSPS) is 11.1. The lowest BCUT2D eigenvalue weighted by atomic mass is 10.1. The summed E-state index contributed by atoms with van der Waals surface area (Å²) in [6, 6.07) is 11.2. The smallest absolute Gasteiger partial charge is 0.0591 e. The van der Waals surface area contributed by atoms with Gasteiger partial charge in [0.15, 0.2) is 0 Å². The van der Waals surface area contributed by atoms with Crippen LogP contribution in [0.15, 0.2) is 30.3 Å². The molecular weight excluding hydrogens is 222 g/mol. The monoisotopic (exact) mass is 249 g/mol. The van der Waals surface area contributed by atoms with Crippen molar-refractivity contribution in [1.29, 1.82) is 0 Å². The van der Waals surface area contributed by atoms with E-state index in [2.05, 4.69) is 49.5 Å². The average molecular weight is 249 g/mol. The lowest BCUT2D eigenvalue weighted by Crippen LogP contribution is -2.30. The Balaban J connectivity index is 1.93. The quantitative estimate of drug-likeness (QED) is 0.642. The first-order valence-electron chi connectivity index (χ1n) is 7.21. The van der Waals surface area contributed by atoms with Crippen molar-refractivity contribution < 1.29 is 4.74 Å². The van der Waals surface area contributed by atoms with Crippen molar-refractivity contribution in [1.82, 2.24) is 5.32 Å². The largest absolute Gasteiger partial charge is 0.380 e. The number of nitrogens with one attached hydrogen (secondary N) is 1. The first-order valence-corrected chi connectivity index (χ1v) is 7.21. The SMILES string of the molecule is CCC(CC)NCCOCCCc1ccccc1. The first kappa shape index (κ1) is 15.2. The molecule has 2 heteroatoms. The third kappa shape index (κ3) is 6.77. The molecule has 0 aliphatic heterocycles. The molecule has 0 amide bonds. The number of hydrogen-bond donors (Lipinski definition) is 1. The van der Waals surface area contributed by atoms with Crippen molar-refractivity contribution >= 4 is 0 Å². The van der Waals surface area contributed by atoms with E-state index < -0.39 is 0 Å². The van der Waals surface area contributed by atoms with Crippen LogP contribution in [-0.2, 0) is 11.2 Å². The zero-order valence-corrected chi connectivity index (χ0v) is 11.8. The Labute approximate surface area is 112 Å². The maximum atomic E-state index is 5.63. The Bertz CT molecular complexity index is 282. The summed E-state index contributed by atoms with van der Waals surface area (Å²) >= 11 is 0. The number of aryl methyl sites for hydroxylation is 1. The van der Waals surface area contributed by atoms with E-state index in [-0.39, 0.29) is 0 Å². The molecule has 0 heterocycles. The van der Waals surface area contributed by atoms with Gasteiger partial charge in [-0.3, -0.25) is 0 Å². The lowest BCUT2D eigenvalue weighted by molar-refractivity contribution is 0.131. The minimum absolute atomic E-state index is 0.651. The molecule has 0 fully saturated rings. The third-order valence-corrected chi connectivity index (χ3v) is 3.26. The van der Waals surface area contributed by atoms with E-state index in [1.807, 2.05) is 0 Å². The van der Waals surface area contributed by atoms with Gasteiger partial charge in [-0.15, -0.1) is 0 Å². The van der Waals surface area contributed by atoms with Gasteiger partial charge in [0.05, 0.1) is 6.61 Å². The second kappa shape index (κ2) is 10.1. The van der Waals surface area contributed by atoms with E-state index in [0.717, 1.165) is 32.6 Å².